The third-order valence-electron chi connectivity index (χ3n) is 1.79. The number of nitrogens with zero attached hydrogens (tertiary/aromatic N) is 1. The molecule has 0 saturated heterocycles. The summed E-state index contributed by atoms with van der Waals surface area (Å²) in [6.45, 7) is 1.01. The minimum atomic E-state index is 0.0981. The molecule has 0 aliphatic carbocycles. The number of rotatable bonds is 3. The Bertz CT molecular complexity index is 286. The molecule has 1 rings (SSSR count). The average molecular weight is 244 g/mol. The standard InChI is InChI=1S/C10H14BrNO/c1-12(2)6-9-4-3-8(7-13)5-10(9)11/h3-5,13H,6-7H2,1-2H3. The second-order valence-corrected chi connectivity index (χ2v) is 4.18. The van der Waals surface area contributed by atoms with Gasteiger partial charge in [-0.15, -0.1) is 0 Å². The Morgan fingerprint density at radius 3 is 2.54 bits per heavy atom. The maximum atomic E-state index is 8.90. The first kappa shape index (κ1) is 10.7. The van der Waals surface area contributed by atoms with E-state index < -0.39 is 0 Å². The molecule has 0 heterocycles. The molecule has 1 N–H and O–H groups in total. The fourth-order valence-corrected chi connectivity index (χ4v) is 1.71. The second-order valence-electron chi connectivity index (χ2n) is 3.32. The van der Waals surface area contributed by atoms with Gasteiger partial charge in [-0.2, -0.15) is 0 Å². The second kappa shape index (κ2) is 4.74. The Morgan fingerprint density at radius 1 is 1.38 bits per heavy atom. The van der Waals surface area contributed by atoms with Gasteiger partial charge in [-0.05, 0) is 31.3 Å². The molecule has 0 saturated carbocycles. The van der Waals surface area contributed by atoms with Crippen molar-refractivity contribution in [2.45, 2.75) is 13.2 Å². The molecular weight excluding hydrogens is 230 g/mol. The lowest BCUT2D eigenvalue weighted by atomic mass is 10.1. The van der Waals surface area contributed by atoms with Gasteiger partial charge in [-0.1, -0.05) is 28.1 Å². The lowest BCUT2D eigenvalue weighted by molar-refractivity contribution is 0.281. The van der Waals surface area contributed by atoms with Crippen LogP contribution in [0.3, 0.4) is 0 Å². The number of aliphatic hydroxyl groups excluding tert-OH is 1. The highest BCUT2D eigenvalue weighted by Crippen LogP contribution is 2.19. The molecule has 72 valence electrons. The summed E-state index contributed by atoms with van der Waals surface area (Å²) >= 11 is 3.48. The van der Waals surface area contributed by atoms with E-state index in [1.807, 2.05) is 32.3 Å². The van der Waals surface area contributed by atoms with Crippen LogP contribution in [0.25, 0.3) is 0 Å². The summed E-state index contributed by atoms with van der Waals surface area (Å²) in [6.07, 6.45) is 0. The maximum Gasteiger partial charge on any atom is 0.0682 e. The number of hydrogen-bond donors (Lipinski definition) is 1. The van der Waals surface area contributed by atoms with Crippen LogP contribution in [0, 0.1) is 0 Å². The van der Waals surface area contributed by atoms with E-state index in [1.165, 1.54) is 5.56 Å². The summed E-state index contributed by atoms with van der Waals surface area (Å²) in [5, 5.41) is 8.90. The molecule has 0 spiro atoms. The Kier molecular flexibility index (Phi) is 3.90. The van der Waals surface area contributed by atoms with Gasteiger partial charge in [0.2, 0.25) is 0 Å². The predicted octanol–water partition coefficient (Wildman–Crippen LogP) is 2.00. The van der Waals surface area contributed by atoms with Crippen LogP contribution in [0.1, 0.15) is 11.1 Å². The molecule has 1 aromatic carbocycles. The smallest absolute Gasteiger partial charge is 0.0682 e. The Morgan fingerprint density at radius 2 is 2.08 bits per heavy atom. The van der Waals surface area contributed by atoms with Crippen molar-refractivity contribution in [1.82, 2.24) is 4.90 Å². The molecule has 0 aliphatic rings. The Labute approximate surface area is 87.3 Å². The highest BCUT2D eigenvalue weighted by Gasteiger charge is 2.01. The molecule has 0 unspecified atom stereocenters. The minimum Gasteiger partial charge on any atom is -0.392 e. The van der Waals surface area contributed by atoms with Crippen molar-refractivity contribution in [2.24, 2.45) is 0 Å². The third kappa shape index (κ3) is 3.10. The topological polar surface area (TPSA) is 23.5 Å². The molecule has 0 radical (unpaired) electrons. The zero-order valence-corrected chi connectivity index (χ0v) is 9.50. The largest absolute Gasteiger partial charge is 0.392 e. The molecule has 13 heavy (non-hydrogen) atoms. The molecule has 0 bridgehead atoms. The Hall–Kier alpha value is -0.380. The fraction of sp³-hybridized carbons (Fsp3) is 0.400. The van der Waals surface area contributed by atoms with Gasteiger partial charge in [0, 0.05) is 11.0 Å². The SMILES string of the molecule is CN(C)Cc1ccc(CO)cc1Br. The van der Waals surface area contributed by atoms with E-state index in [0.717, 1.165) is 16.6 Å². The molecule has 0 amide bonds. The van der Waals surface area contributed by atoms with Gasteiger partial charge < -0.3 is 10.0 Å². The molecule has 0 aromatic heterocycles. The summed E-state index contributed by atoms with van der Waals surface area (Å²) in [4.78, 5) is 2.11. The van der Waals surface area contributed by atoms with Crippen LogP contribution in [0.15, 0.2) is 22.7 Å². The van der Waals surface area contributed by atoms with E-state index in [-0.39, 0.29) is 6.61 Å². The van der Waals surface area contributed by atoms with Crippen molar-refractivity contribution >= 4 is 15.9 Å². The van der Waals surface area contributed by atoms with E-state index in [2.05, 4.69) is 20.8 Å². The van der Waals surface area contributed by atoms with Crippen molar-refractivity contribution in [2.75, 3.05) is 14.1 Å². The van der Waals surface area contributed by atoms with Crippen LogP contribution in [-0.2, 0) is 13.2 Å². The molecule has 0 fully saturated rings. The van der Waals surface area contributed by atoms with E-state index in [4.69, 9.17) is 5.11 Å². The van der Waals surface area contributed by atoms with Gasteiger partial charge >= 0.3 is 0 Å². The number of halogens is 1. The van der Waals surface area contributed by atoms with Gasteiger partial charge in [0.05, 0.1) is 6.61 Å². The van der Waals surface area contributed by atoms with Gasteiger partial charge in [0.1, 0.15) is 0 Å². The molecular formula is C10H14BrNO. The quantitative estimate of drug-likeness (QED) is 0.879. The minimum absolute atomic E-state index is 0.0981. The van der Waals surface area contributed by atoms with Gasteiger partial charge in [0.15, 0.2) is 0 Å². The van der Waals surface area contributed by atoms with E-state index in [9.17, 15) is 0 Å². The fourth-order valence-electron chi connectivity index (χ4n) is 1.16. The van der Waals surface area contributed by atoms with Crippen LogP contribution in [-0.4, -0.2) is 24.1 Å². The Balaban J connectivity index is 2.85. The first-order valence-electron chi connectivity index (χ1n) is 4.16. The molecule has 3 heteroatoms. The first-order chi connectivity index (χ1) is 6.13. The molecule has 0 aliphatic heterocycles. The summed E-state index contributed by atoms with van der Waals surface area (Å²) < 4.78 is 1.06. The van der Waals surface area contributed by atoms with Gasteiger partial charge in [-0.25, -0.2) is 0 Å². The van der Waals surface area contributed by atoms with Crippen molar-refractivity contribution in [3.8, 4) is 0 Å². The van der Waals surface area contributed by atoms with Crippen molar-refractivity contribution < 1.29 is 5.11 Å². The molecule has 1 aromatic rings. The van der Waals surface area contributed by atoms with E-state index in [1.54, 1.807) is 0 Å². The third-order valence-corrected chi connectivity index (χ3v) is 2.52. The summed E-state index contributed by atoms with van der Waals surface area (Å²) in [5.41, 5.74) is 2.18. The van der Waals surface area contributed by atoms with Crippen LogP contribution < -0.4 is 0 Å². The van der Waals surface area contributed by atoms with Crippen LogP contribution in [0.4, 0.5) is 0 Å². The normalized spacial score (nSPS) is 10.8. The van der Waals surface area contributed by atoms with Crippen LogP contribution >= 0.6 is 15.9 Å². The monoisotopic (exact) mass is 243 g/mol. The first-order valence-corrected chi connectivity index (χ1v) is 4.95. The zero-order chi connectivity index (χ0) is 9.84. The predicted molar refractivity (Wildman–Crippen MR) is 57.5 cm³/mol. The number of benzene rings is 1. The lowest BCUT2D eigenvalue weighted by Crippen LogP contribution is -2.11. The molecule has 0 atom stereocenters. The molecule has 2 nitrogen and oxygen atoms in total. The maximum absolute atomic E-state index is 8.90. The van der Waals surface area contributed by atoms with Gasteiger partial charge in [-0.3, -0.25) is 0 Å². The highest BCUT2D eigenvalue weighted by atomic mass is 79.9. The lowest BCUT2D eigenvalue weighted by Gasteiger charge is -2.11. The van der Waals surface area contributed by atoms with Crippen LogP contribution in [0.5, 0.6) is 0 Å². The zero-order valence-electron chi connectivity index (χ0n) is 7.92. The van der Waals surface area contributed by atoms with Gasteiger partial charge in [0.25, 0.3) is 0 Å². The number of hydrogen-bond acceptors (Lipinski definition) is 2. The summed E-state index contributed by atoms with van der Waals surface area (Å²) in [5.74, 6) is 0. The van der Waals surface area contributed by atoms with E-state index in [0.29, 0.717) is 0 Å². The summed E-state index contributed by atoms with van der Waals surface area (Å²) in [7, 11) is 4.07. The van der Waals surface area contributed by atoms with Crippen LogP contribution in [0.2, 0.25) is 0 Å². The van der Waals surface area contributed by atoms with Crippen molar-refractivity contribution in [1.29, 1.82) is 0 Å². The average Bonchev–Trinajstić information content (AvgIpc) is 2.08. The highest BCUT2D eigenvalue weighted by molar-refractivity contribution is 9.10. The number of aliphatic hydroxyl groups is 1. The van der Waals surface area contributed by atoms with E-state index >= 15 is 0 Å². The summed E-state index contributed by atoms with van der Waals surface area (Å²) in [6, 6.07) is 5.94. The van der Waals surface area contributed by atoms with Crippen molar-refractivity contribution in [3.05, 3.63) is 33.8 Å². The van der Waals surface area contributed by atoms with Crippen molar-refractivity contribution in [3.63, 3.8) is 0 Å².